The Kier molecular flexibility index (Phi) is 4.12. The zero-order valence-corrected chi connectivity index (χ0v) is 10.3. The first-order valence-electron chi connectivity index (χ1n) is 6.07. The lowest BCUT2D eigenvalue weighted by Gasteiger charge is -2.26. The molecule has 0 spiro atoms. The van der Waals surface area contributed by atoms with Gasteiger partial charge in [0.25, 0.3) is 5.09 Å². The topological polar surface area (TPSA) is 81.2 Å². The molecule has 0 fully saturated rings. The molecule has 1 N–H and O–H groups in total. The molecule has 1 aromatic carbocycles. The van der Waals surface area contributed by atoms with Gasteiger partial charge in [-0.2, -0.15) is 0 Å². The van der Waals surface area contributed by atoms with E-state index in [0.29, 0.717) is 6.04 Å². The zero-order chi connectivity index (χ0) is 13.7. The fourth-order valence-electron chi connectivity index (χ4n) is 2.49. The van der Waals surface area contributed by atoms with Gasteiger partial charge < -0.3 is 9.77 Å². The molecule has 1 aliphatic carbocycles. The average Bonchev–Trinajstić information content (AvgIpc) is 2.91. The van der Waals surface area contributed by atoms with Crippen LogP contribution in [0.25, 0.3) is 0 Å². The maximum absolute atomic E-state index is 8.36. The van der Waals surface area contributed by atoms with Gasteiger partial charge in [-0.3, -0.25) is 0 Å². The van der Waals surface area contributed by atoms with Crippen LogP contribution in [0.4, 0.5) is 0 Å². The molecule has 0 bridgehead atoms. The van der Waals surface area contributed by atoms with E-state index in [2.05, 4.69) is 40.0 Å². The molecule has 6 nitrogen and oxygen atoms in total. The van der Waals surface area contributed by atoms with Crippen molar-refractivity contribution in [3.8, 4) is 0 Å². The molecule has 0 saturated carbocycles. The summed E-state index contributed by atoms with van der Waals surface area (Å²) in [5.41, 5.74) is 2.98. The molecule has 0 saturated heterocycles. The molecule has 0 amide bonds. The summed E-state index contributed by atoms with van der Waals surface area (Å²) in [5.74, 6) is 0. The van der Waals surface area contributed by atoms with E-state index in [4.69, 9.17) is 15.3 Å². The Morgan fingerprint density at radius 1 is 1.42 bits per heavy atom. The zero-order valence-electron chi connectivity index (χ0n) is 10.3. The van der Waals surface area contributed by atoms with Gasteiger partial charge in [0.1, 0.15) is 0 Å². The smallest absolute Gasteiger partial charge is 0.291 e. The second kappa shape index (κ2) is 5.99. The number of hydrogen-bond acceptors (Lipinski definition) is 3. The monoisotopic (exact) mass is 261 g/mol. The van der Waals surface area contributed by atoms with Gasteiger partial charge in [-0.05, 0) is 30.4 Å². The minimum atomic E-state index is -1.50. The van der Waals surface area contributed by atoms with Gasteiger partial charge in [-0.25, -0.2) is 4.98 Å². The summed E-state index contributed by atoms with van der Waals surface area (Å²) in [6.45, 7) is 0. The highest BCUT2D eigenvalue weighted by Crippen LogP contribution is 2.32. The van der Waals surface area contributed by atoms with Crippen LogP contribution in [0.2, 0.25) is 0 Å². The Morgan fingerprint density at radius 2 is 2.16 bits per heavy atom. The highest BCUT2D eigenvalue weighted by molar-refractivity contribution is 5.32. The van der Waals surface area contributed by atoms with E-state index < -0.39 is 5.09 Å². The summed E-state index contributed by atoms with van der Waals surface area (Å²) in [4.78, 5) is 12.5. The molecule has 0 aliphatic heterocycles. The van der Waals surface area contributed by atoms with Crippen molar-refractivity contribution in [3.63, 3.8) is 0 Å². The van der Waals surface area contributed by atoms with Crippen LogP contribution in [0.3, 0.4) is 0 Å². The number of aryl methyl sites for hydroxylation is 1. The first-order valence-corrected chi connectivity index (χ1v) is 6.07. The van der Waals surface area contributed by atoms with Gasteiger partial charge in [0.15, 0.2) is 0 Å². The third-order valence-electron chi connectivity index (χ3n) is 3.22. The van der Waals surface area contributed by atoms with E-state index in [-0.39, 0.29) is 0 Å². The van der Waals surface area contributed by atoms with E-state index >= 15 is 0 Å². The molecular weight excluding hydrogens is 246 g/mol. The normalized spacial score (nSPS) is 16.9. The van der Waals surface area contributed by atoms with Crippen LogP contribution in [0, 0.1) is 10.1 Å². The molecule has 1 aromatic heterocycles. The van der Waals surface area contributed by atoms with Crippen LogP contribution in [-0.4, -0.2) is 19.8 Å². The number of aromatic nitrogens is 2. The van der Waals surface area contributed by atoms with Crippen LogP contribution >= 0.6 is 0 Å². The number of imidazole rings is 1. The summed E-state index contributed by atoms with van der Waals surface area (Å²) < 4.78 is 2.22. The standard InChI is InChI=1S/C13H14N2.HNO3/c1-2-6-12-11(4-1)5-3-7-13(12)15-9-8-14-10-15;2-1(3)4/h1-2,4,6,8-10,13H,3,5,7H2;(H,2,3,4). The molecule has 1 unspecified atom stereocenters. The Hall–Kier alpha value is -2.37. The lowest BCUT2D eigenvalue weighted by atomic mass is 9.88. The fourth-order valence-corrected chi connectivity index (χ4v) is 2.49. The molecule has 1 aliphatic rings. The van der Waals surface area contributed by atoms with Crippen LogP contribution < -0.4 is 0 Å². The molecular formula is C13H15N3O3. The summed E-state index contributed by atoms with van der Waals surface area (Å²) in [5, 5.41) is 13.6. The number of nitrogens with zero attached hydrogens (tertiary/aromatic N) is 3. The predicted octanol–water partition coefficient (Wildman–Crippen LogP) is 2.46. The average molecular weight is 261 g/mol. The summed E-state index contributed by atoms with van der Waals surface area (Å²) in [6.07, 6.45) is 9.57. The molecule has 2 aromatic rings. The first-order chi connectivity index (χ1) is 9.18. The van der Waals surface area contributed by atoms with Crippen molar-refractivity contribution in [2.75, 3.05) is 0 Å². The second-order valence-corrected chi connectivity index (χ2v) is 4.35. The molecule has 1 heterocycles. The SMILES string of the molecule is O=[N+]([O-])O.c1ccc2c(c1)CCCC2n1ccnc1. The van der Waals surface area contributed by atoms with E-state index in [0.717, 1.165) is 0 Å². The van der Waals surface area contributed by atoms with Crippen LogP contribution in [0.15, 0.2) is 43.0 Å². The van der Waals surface area contributed by atoms with E-state index in [9.17, 15) is 0 Å². The lowest BCUT2D eigenvalue weighted by molar-refractivity contribution is -0.742. The van der Waals surface area contributed by atoms with E-state index in [1.165, 1.54) is 30.4 Å². The predicted molar refractivity (Wildman–Crippen MR) is 68.5 cm³/mol. The van der Waals surface area contributed by atoms with Gasteiger partial charge in [-0.1, -0.05) is 24.3 Å². The van der Waals surface area contributed by atoms with Crippen molar-refractivity contribution in [2.24, 2.45) is 0 Å². The van der Waals surface area contributed by atoms with Crippen LogP contribution in [0.5, 0.6) is 0 Å². The molecule has 1 atom stereocenters. The number of rotatable bonds is 1. The van der Waals surface area contributed by atoms with Crippen molar-refractivity contribution >= 4 is 0 Å². The van der Waals surface area contributed by atoms with Crippen molar-refractivity contribution in [1.82, 2.24) is 9.55 Å². The maximum atomic E-state index is 8.36. The number of fused-ring (bicyclic) bond motifs is 1. The highest BCUT2D eigenvalue weighted by atomic mass is 16.9. The van der Waals surface area contributed by atoms with Crippen molar-refractivity contribution in [1.29, 1.82) is 0 Å². The van der Waals surface area contributed by atoms with Gasteiger partial charge in [0, 0.05) is 12.4 Å². The fraction of sp³-hybridized carbons (Fsp3) is 0.308. The minimum absolute atomic E-state index is 0.498. The highest BCUT2D eigenvalue weighted by Gasteiger charge is 2.20. The van der Waals surface area contributed by atoms with Gasteiger partial charge in [-0.15, -0.1) is 10.1 Å². The van der Waals surface area contributed by atoms with E-state index in [1.54, 1.807) is 0 Å². The largest absolute Gasteiger partial charge is 0.330 e. The summed E-state index contributed by atoms with van der Waals surface area (Å²) >= 11 is 0. The molecule has 3 rings (SSSR count). The molecule has 0 radical (unpaired) electrons. The van der Waals surface area contributed by atoms with Gasteiger partial charge in [0.05, 0.1) is 12.4 Å². The third-order valence-corrected chi connectivity index (χ3v) is 3.22. The summed E-state index contributed by atoms with van der Waals surface area (Å²) in [6, 6.07) is 9.26. The number of hydrogen-bond donors (Lipinski definition) is 1. The number of benzene rings is 1. The van der Waals surface area contributed by atoms with Gasteiger partial charge >= 0.3 is 0 Å². The maximum Gasteiger partial charge on any atom is 0.291 e. The van der Waals surface area contributed by atoms with Gasteiger partial charge in [0.2, 0.25) is 0 Å². The molecule has 6 heteroatoms. The summed E-state index contributed by atoms with van der Waals surface area (Å²) in [7, 11) is 0. The Balaban J connectivity index is 0.000000297. The Bertz CT molecular complexity index is 536. The van der Waals surface area contributed by atoms with Crippen LogP contribution in [-0.2, 0) is 6.42 Å². The van der Waals surface area contributed by atoms with E-state index in [1.807, 2.05) is 12.5 Å². The lowest BCUT2D eigenvalue weighted by Crippen LogP contribution is -2.15. The Morgan fingerprint density at radius 3 is 2.84 bits per heavy atom. The third kappa shape index (κ3) is 3.31. The Labute approximate surface area is 110 Å². The van der Waals surface area contributed by atoms with Crippen LogP contribution in [0.1, 0.15) is 30.0 Å². The second-order valence-electron chi connectivity index (χ2n) is 4.35. The molecule has 19 heavy (non-hydrogen) atoms. The quantitative estimate of drug-likeness (QED) is 0.631. The van der Waals surface area contributed by atoms with Crippen molar-refractivity contribution < 1.29 is 10.3 Å². The van der Waals surface area contributed by atoms with Crippen molar-refractivity contribution in [3.05, 3.63) is 64.2 Å². The first kappa shape index (κ1) is 13.1. The van der Waals surface area contributed by atoms with Crippen molar-refractivity contribution in [2.45, 2.75) is 25.3 Å². The molecule has 100 valence electrons. The minimum Gasteiger partial charge on any atom is -0.330 e.